The summed E-state index contributed by atoms with van der Waals surface area (Å²) in [6.45, 7) is 0. The number of hydrogen-bond acceptors (Lipinski definition) is 4. The third kappa shape index (κ3) is 4.68. The number of nitriles is 1. The number of benzene rings is 7. The minimum Gasteiger partial charge on any atom is -0.309 e. The van der Waals surface area contributed by atoms with Crippen LogP contribution in [0.5, 0.6) is 0 Å². The minimum absolute atomic E-state index is 0.610. The predicted octanol–water partition coefficient (Wildman–Crippen LogP) is 10.9. The second kappa shape index (κ2) is 11.9. The Morgan fingerprint density at radius 2 is 0.962 bits per heavy atom. The van der Waals surface area contributed by atoms with Crippen LogP contribution in [0.4, 0.5) is 0 Å². The molecule has 0 radical (unpaired) electrons. The zero-order valence-corrected chi connectivity index (χ0v) is 27.8. The fourth-order valence-electron chi connectivity index (χ4n) is 7.46. The van der Waals surface area contributed by atoms with Crippen LogP contribution in [0.15, 0.2) is 170 Å². The zero-order chi connectivity index (χ0) is 34.6. The Bertz CT molecular complexity index is 2950. The highest BCUT2D eigenvalue weighted by Crippen LogP contribution is 2.42. The number of para-hydroxylation sites is 2. The van der Waals surface area contributed by atoms with Gasteiger partial charge in [0.2, 0.25) is 0 Å². The lowest BCUT2D eigenvalue weighted by Gasteiger charge is -2.12. The van der Waals surface area contributed by atoms with E-state index in [1.807, 2.05) is 84.9 Å². The van der Waals surface area contributed by atoms with Gasteiger partial charge in [-0.1, -0.05) is 115 Å². The molecular weight excluding hydrogens is 637 g/mol. The molecule has 10 rings (SSSR count). The minimum atomic E-state index is 0.610. The van der Waals surface area contributed by atoms with E-state index in [-0.39, 0.29) is 0 Å². The van der Waals surface area contributed by atoms with Crippen molar-refractivity contribution in [2.45, 2.75) is 0 Å². The molecule has 0 N–H and O–H groups in total. The highest BCUT2D eigenvalue weighted by molar-refractivity contribution is 6.26. The molecule has 52 heavy (non-hydrogen) atoms. The van der Waals surface area contributed by atoms with Crippen LogP contribution in [0.2, 0.25) is 0 Å². The smallest absolute Gasteiger partial charge is 0.164 e. The van der Waals surface area contributed by atoms with Gasteiger partial charge in [0.1, 0.15) is 0 Å². The van der Waals surface area contributed by atoms with Crippen molar-refractivity contribution in [2.24, 2.45) is 0 Å². The molecular formula is C46H28N6. The average Bonchev–Trinajstić information content (AvgIpc) is 3.74. The van der Waals surface area contributed by atoms with Crippen molar-refractivity contribution >= 4 is 43.6 Å². The van der Waals surface area contributed by atoms with Gasteiger partial charge < -0.3 is 9.13 Å². The van der Waals surface area contributed by atoms with Gasteiger partial charge in [0, 0.05) is 49.6 Å². The van der Waals surface area contributed by atoms with Crippen molar-refractivity contribution in [3.63, 3.8) is 0 Å². The van der Waals surface area contributed by atoms with E-state index < -0.39 is 0 Å². The van der Waals surface area contributed by atoms with Gasteiger partial charge in [0.25, 0.3) is 0 Å². The molecule has 6 heteroatoms. The molecule has 6 nitrogen and oxygen atoms in total. The molecule has 0 amide bonds. The third-order valence-electron chi connectivity index (χ3n) is 9.79. The first kappa shape index (κ1) is 29.5. The standard InChI is InChI=1S/C46H28N6/c47-29-30-22-24-34(25-23-30)52-39-20-9-7-18-36(39)37-26-27-41-42(43(37)52)38-19-8-10-21-40(38)51(41)35-17-11-16-33(28-35)46-49-44(31-12-3-1-4-13-31)48-45(50-46)32-14-5-2-6-15-32/h1-28H. The van der Waals surface area contributed by atoms with Crippen LogP contribution in [-0.4, -0.2) is 24.1 Å². The topological polar surface area (TPSA) is 72.3 Å². The number of nitrogens with zero attached hydrogens (tertiary/aromatic N) is 6. The van der Waals surface area contributed by atoms with Gasteiger partial charge in [-0.25, -0.2) is 15.0 Å². The van der Waals surface area contributed by atoms with Crippen LogP contribution in [0.25, 0.3) is 89.2 Å². The summed E-state index contributed by atoms with van der Waals surface area (Å²) < 4.78 is 4.67. The summed E-state index contributed by atoms with van der Waals surface area (Å²) in [5.41, 5.74) is 9.86. The van der Waals surface area contributed by atoms with Crippen LogP contribution >= 0.6 is 0 Å². The summed E-state index contributed by atoms with van der Waals surface area (Å²) in [5.74, 6) is 1.87. The second-order valence-corrected chi connectivity index (χ2v) is 12.8. The van der Waals surface area contributed by atoms with Crippen molar-refractivity contribution in [2.75, 3.05) is 0 Å². The zero-order valence-electron chi connectivity index (χ0n) is 27.8. The molecule has 10 aromatic rings. The van der Waals surface area contributed by atoms with Crippen molar-refractivity contribution in [1.29, 1.82) is 5.26 Å². The Balaban J connectivity index is 1.23. The Hall–Kier alpha value is -7.36. The van der Waals surface area contributed by atoms with E-state index in [9.17, 15) is 5.26 Å². The highest BCUT2D eigenvalue weighted by Gasteiger charge is 2.21. The summed E-state index contributed by atoms with van der Waals surface area (Å²) in [4.78, 5) is 14.9. The molecule has 0 atom stereocenters. The number of fused-ring (bicyclic) bond motifs is 7. The maximum Gasteiger partial charge on any atom is 0.164 e. The Morgan fingerprint density at radius 3 is 1.62 bits per heavy atom. The van der Waals surface area contributed by atoms with E-state index in [2.05, 4.69) is 100 Å². The lowest BCUT2D eigenvalue weighted by molar-refractivity contribution is 1.07. The van der Waals surface area contributed by atoms with Crippen LogP contribution in [0.3, 0.4) is 0 Å². The van der Waals surface area contributed by atoms with E-state index in [0.717, 1.165) is 60.9 Å². The molecule has 0 aliphatic carbocycles. The van der Waals surface area contributed by atoms with Crippen molar-refractivity contribution in [3.8, 4) is 51.6 Å². The second-order valence-electron chi connectivity index (χ2n) is 12.8. The first-order valence-corrected chi connectivity index (χ1v) is 17.2. The Kier molecular flexibility index (Phi) is 6.76. The fraction of sp³-hybridized carbons (Fsp3) is 0. The molecule has 0 fully saturated rings. The van der Waals surface area contributed by atoms with Crippen LogP contribution in [0.1, 0.15) is 5.56 Å². The van der Waals surface area contributed by atoms with Gasteiger partial charge in [0.15, 0.2) is 17.5 Å². The van der Waals surface area contributed by atoms with Gasteiger partial charge >= 0.3 is 0 Å². The SMILES string of the molecule is N#Cc1ccc(-n2c3ccccc3c3ccc4c(c5ccccc5n4-c4cccc(-c5nc(-c6ccccc6)nc(-c6ccccc6)n5)c4)c32)cc1. The van der Waals surface area contributed by atoms with Crippen molar-refractivity contribution in [1.82, 2.24) is 24.1 Å². The van der Waals surface area contributed by atoms with Gasteiger partial charge in [-0.15, -0.1) is 0 Å². The van der Waals surface area contributed by atoms with Crippen molar-refractivity contribution < 1.29 is 0 Å². The van der Waals surface area contributed by atoms with Crippen LogP contribution < -0.4 is 0 Å². The molecule has 3 heterocycles. The molecule has 0 spiro atoms. The summed E-state index contributed by atoms with van der Waals surface area (Å²) >= 11 is 0. The largest absolute Gasteiger partial charge is 0.309 e. The van der Waals surface area contributed by atoms with Crippen LogP contribution in [-0.2, 0) is 0 Å². The molecule has 242 valence electrons. The molecule has 0 saturated heterocycles. The molecule has 0 aliphatic heterocycles. The van der Waals surface area contributed by atoms with E-state index in [1.54, 1.807) is 0 Å². The van der Waals surface area contributed by atoms with E-state index in [4.69, 9.17) is 15.0 Å². The quantitative estimate of drug-likeness (QED) is 0.184. The first-order chi connectivity index (χ1) is 25.7. The summed E-state index contributed by atoms with van der Waals surface area (Å²) in [7, 11) is 0. The fourth-order valence-corrected chi connectivity index (χ4v) is 7.46. The van der Waals surface area contributed by atoms with Crippen molar-refractivity contribution in [3.05, 3.63) is 175 Å². The third-order valence-corrected chi connectivity index (χ3v) is 9.79. The van der Waals surface area contributed by atoms with Gasteiger partial charge in [-0.05, 0) is 54.6 Å². The highest BCUT2D eigenvalue weighted by atomic mass is 15.0. The maximum atomic E-state index is 9.53. The molecule has 7 aromatic carbocycles. The Labute approximate surface area is 299 Å². The lowest BCUT2D eigenvalue weighted by atomic mass is 10.1. The monoisotopic (exact) mass is 664 g/mol. The summed E-state index contributed by atoms with van der Waals surface area (Å²) in [6.07, 6.45) is 0. The number of hydrogen-bond donors (Lipinski definition) is 0. The van der Waals surface area contributed by atoms with Crippen LogP contribution in [0, 0.1) is 11.3 Å². The lowest BCUT2D eigenvalue weighted by Crippen LogP contribution is -2.01. The molecule has 0 unspecified atom stereocenters. The van der Waals surface area contributed by atoms with Gasteiger partial charge in [0.05, 0.1) is 33.7 Å². The van der Waals surface area contributed by atoms with E-state index in [1.165, 1.54) is 10.8 Å². The van der Waals surface area contributed by atoms with Gasteiger partial charge in [-0.3, -0.25) is 0 Å². The summed E-state index contributed by atoms with van der Waals surface area (Å²) in [6, 6.07) is 60.3. The maximum absolute atomic E-state index is 9.53. The molecule has 0 saturated carbocycles. The number of aromatic nitrogens is 5. The number of rotatable bonds is 5. The van der Waals surface area contributed by atoms with E-state index >= 15 is 0 Å². The van der Waals surface area contributed by atoms with E-state index in [0.29, 0.717) is 23.0 Å². The normalized spacial score (nSPS) is 11.4. The predicted molar refractivity (Wildman–Crippen MR) is 210 cm³/mol. The molecule has 0 bridgehead atoms. The Morgan fingerprint density at radius 1 is 0.404 bits per heavy atom. The summed E-state index contributed by atoms with van der Waals surface area (Å²) in [5, 5.41) is 14.2. The average molecular weight is 665 g/mol. The molecule has 3 aromatic heterocycles. The molecule has 0 aliphatic rings. The van der Waals surface area contributed by atoms with Gasteiger partial charge in [-0.2, -0.15) is 5.26 Å². The first-order valence-electron chi connectivity index (χ1n) is 17.2.